The van der Waals surface area contributed by atoms with Gasteiger partial charge in [-0.3, -0.25) is 4.79 Å². The average molecular weight is 420 g/mol. The third kappa shape index (κ3) is 10.6. The van der Waals surface area contributed by atoms with Gasteiger partial charge in [-0.15, -0.1) is 0 Å². The van der Waals surface area contributed by atoms with E-state index in [1.807, 2.05) is 6.07 Å². The normalized spacial score (nSPS) is 11.7. The minimum atomic E-state index is -0.111. The summed E-state index contributed by atoms with van der Waals surface area (Å²) in [6.45, 7) is 4.69. The zero-order valence-corrected chi connectivity index (χ0v) is 20.6. The molecule has 0 aliphatic rings. The van der Waals surface area contributed by atoms with Crippen LogP contribution in [0.3, 0.4) is 0 Å². The molecule has 0 heterocycles. The average Bonchev–Trinajstić information content (AvgIpc) is 2.64. The highest BCUT2D eigenvalue weighted by atomic mass is 16.5. The van der Waals surface area contributed by atoms with Gasteiger partial charge in [0.05, 0.1) is 0 Å². The van der Waals surface area contributed by atoms with Crippen LogP contribution < -0.4 is 4.74 Å². The highest BCUT2D eigenvalue weighted by Crippen LogP contribution is 2.29. The third-order valence-corrected chi connectivity index (χ3v) is 5.13. The lowest BCUT2D eigenvalue weighted by atomic mass is 9.98. The fraction of sp³-hybridized carbons (Fsp3) is 0.720. The van der Waals surface area contributed by atoms with E-state index < -0.39 is 0 Å². The number of unbranched alkanes of at least 4 members (excludes halogenated alkanes) is 6. The minimum absolute atomic E-state index is 0.111. The van der Waals surface area contributed by atoms with Gasteiger partial charge in [0.25, 0.3) is 0 Å². The second-order valence-electron chi connectivity index (χ2n) is 9.24. The predicted molar refractivity (Wildman–Crippen MR) is 127 cm³/mol. The number of esters is 1. The standard InChI is InChI=1S/C25H45N3O2/c1-8-9-10-11-12-13-14-15-25(29)30-24-17-16-21(18-26(2)3)22(19-27(4)5)23(24)20-28(6)7/h16-17H,8-15,18-20H2,1-7H3. The van der Waals surface area contributed by atoms with Crippen LogP contribution >= 0.6 is 0 Å². The maximum absolute atomic E-state index is 12.5. The Kier molecular flexibility index (Phi) is 12.9. The molecule has 5 nitrogen and oxygen atoms in total. The molecule has 172 valence electrons. The number of rotatable bonds is 15. The summed E-state index contributed by atoms with van der Waals surface area (Å²) in [4.78, 5) is 19.0. The molecule has 0 aliphatic heterocycles. The molecular weight excluding hydrogens is 374 g/mol. The van der Waals surface area contributed by atoms with Crippen molar-refractivity contribution in [3.63, 3.8) is 0 Å². The Morgan fingerprint density at radius 1 is 0.733 bits per heavy atom. The van der Waals surface area contributed by atoms with E-state index in [9.17, 15) is 4.79 Å². The Bertz CT molecular complexity index is 627. The van der Waals surface area contributed by atoms with E-state index in [0.717, 1.165) is 43.8 Å². The van der Waals surface area contributed by atoms with Crippen LogP contribution in [0.5, 0.6) is 5.75 Å². The Balaban J connectivity index is 2.87. The number of benzene rings is 1. The van der Waals surface area contributed by atoms with Gasteiger partial charge in [-0.05, 0) is 65.9 Å². The van der Waals surface area contributed by atoms with Crippen LogP contribution in [0, 0.1) is 0 Å². The van der Waals surface area contributed by atoms with Gasteiger partial charge in [0.15, 0.2) is 0 Å². The van der Waals surface area contributed by atoms with Crippen molar-refractivity contribution in [2.75, 3.05) is 42.3 Å². The summed E-state index contributed by atoms with van der Waals surface area (Å²) in [5.74, 6) is 0.607. The largest absolute Gasteiger partial charge is 0.426 e. The summed E-state index contributed by atoms with van der Waals surface area (Å²) in [6, 6.07) is 4.10. The molecule has 1 aromatic carbocycles. The molecule has 5 heteroatoms. The van der Waals surface area contributed by atoms with Crippen LogP contribution in [0.4, 0.5) is 0 Å². The number of hydrogen-bond acceptors (Lipinski definition) is 5. The minimum Gasteiger partial charge on any atom is -0.426 e. The Morgan fingerprint density at radius 2 is 1.27 bits per heavy atom. The number of nitrogens with zero attached hydrogens (tertiary/aromatic N) is 3. The van der Waals surface area contributed by atoms with Gasteiger partial charge in [-0.25, -0.2) is 0 Å². The lowest BCUT2D eigenvalue weighted by molar-refractivity contribution is -0.134. The molecule has 0 radical (unpaired) electrons. The molecule has 30 heavy (non-hydrogen) atoms. The quantitative estimate of drug-likeness (QED) is 0.229. The van der Waals surface area contributed by atoms with Gasteiger partial charge in [-0.1, -0.05) is 51.5 Å². The molecule has 0 aromatic heterocycles. The van der Waals surface area contributed by atoms with Crippen LogP contribution in [0.2, 0.25) is 0 Å². The van der Waals surface area contributed by atoms with Crippen molar-refractivity contribution in [3.8, 4) is 5.75 Å². The molecule has 0 N–H and O–H groups in total. The lowest BCUT2D eigenvalue weighted by Crippen LogP contribution is -2.22. The highest BCUT2D eigenvalue weighted by molar-refractivity contribution is 5.73. The zero-order valence-electron chi connectivity index (χ0n) is 20.6. The predicted octanol–water partition coefficient (Wildman–Crippen LogP) is 4.92. The summed E-state index contributed by atoms with van der Waals surface area (Å²) >= 11 is 0. The van der Waals surface area contributed by atoms with Crippen molar-refractivity contribution < 1.29 is 9.53 Å². The summed E-state index contributed by atoms with van der Waals surface area (Å²) in [5.41, 5.74) is 3.68. The van der Waals surface area contributed by atoms with E-state index in [2.05, 4.69) is 70.0 Å². The fourth-order valence-corrected chi connectivity index (χ4v) is 3.71. The van der Waals surface area contributed by atoms with Crippen LogP contribution in [0.1, 0.15) is 75.0 Å². The number of carbonyl (C=O) groups is 1. The van der Waals surface area contributed by atoms with E-state index in [0.29, 0.717) is 6.42 Å². The molecule has 0 saturated carbocycles. The molecule has 0 saturated heterocycles. The summed E-state index contributed by atoms with van der Waals surface area (Å²) in [7, 11) is 12.4. The maximum atomic E-state index is 12.5. The Labute approximate surface area is 185 Å². The van der Waals surface area contributed by atoms with E-state index >= 15 is 0 Å². The number of ether oxygens (including phenoxy) is 1. The summed E-state index contributed by atoms with van der Waals surface area (Å²) < 4.78 is 5.88. The third-order valence-electron chi connectivity index (χ3n) is 5.13. The molecule has 0 amide bonds. The zero-order chi connectivity index (χ0) is 22.5. The van der Waals surface area contributed by atoms with Crippen molar-refractivity contribution in [2.45, 2.75) is 77.9 Å². The van der Waals surface area contributed by atoms with E-state index in [4.69, 9.17) is 4.74 Å². The second-order valence-corrected chi connectivity index (χ2v) is 9.24. The molecule has 0 atom stereocenters. The number of hydrogen-bond donors (Lipinski definition) is 0. The first-order valence-electron chi connectivity index (χ1n) is 11.5. The molecule has 0 bridgehead atoms. The van der Waals surface area contributed by atoms with E-state index in [1.165, 1.54) is 43.2 Å². The van der Waals surface area contributed by atoms with E-state index in [1.54, 1.807) is 0 Å². The Morgan fingerprint density at radius 3 is 1.83 bits per heavy atom. The molecular formula is C25H45N3O2. The summed E-state index contributed by atoms with van der Waals surface area (Å²) in [6.07, 6.45) is 8.90. The molecule has 1 rings (SSSR count). The monoisotopic (exact) mass is 419 g/mol. The topological polar surface area (TPSA) is 36.0 Å². The highest BCUT2D eigenvalue weighted by Gasteiger charge is 2.18. The second kappa shape index (κ2) is 14.6. The fourth-order valence-electron chi connectivity index (χ4n) is 3.71. The molecule has 0 unspecified atom stereocenters. The van der Waals surface area contributed by atoms with Crippen LogP contribution in [0.15, 0.2) is 12.1 Å². The smallest absolute Gasteiger partial charge is 0.311 e. The van der Waals surface area contributed by atoms with Crippen molar-refractivity contribution in [1.82, 2.24) is 14.7 Å². The first-order valence-corrected chi connectivity index (χ1v) is 11.5. The molecule has 0 fully saturated rings. The van der Waals surface area contributed by atoms with Crippen LogP contribution in [-0.2, 0) is 24.4 Å². The van der Waals surface area contributed by atoms with Gasteiger partial charge >= 0.3 is 5.97 Å². The van der Waals surface area contributed by atoms with Gasteiger partial charge in [0.1, 0.15) is 5.75 Å². The number of carbonyl (C=O) groups excluding carboxylic acids is 1. The van der Waals surface area contributed by atoms with Crippen molar-refractivity contribution in [3.05, 3.63) is 28.8 Å². The van der Waals surface area contributed by atoms with E-state index in [-0.39, 0.29) is 5.97 Å². The first kappa shape index (κ1) is 26.6. The maximum Gasteiger partial charge on any atom is 0.311 e. The SMILES string of the molecule is CCCCCCCCCC(=O)Oc1ccc(CN(C)C)c(CN(C)C)c1CN(C)C. The van der Waals surface area contributed by atoms with Gasteiger partial charge in [-0.2, -0.15) is 0 Å². The molecule has 0 spiro atoms. The van der Waals surface area contributed by atoms with Crippen molar-refractivity contribution >= 4 is 5.97 Å². The molecule has 0 aliphatic carbocycles. The van der Waals surface area contributed by atoms with Crippen LogP contribution in [-0.4, -0.2) is 63.0 Å². The summed E-state index contributed by atoms with van der Waals surface area (Å²) in [5, 5.41) is 0. The van der Waals surface area contributed by atoms with Crippen molar-refractivity contribution in [1.29, 1.82) is 0 Å². The van der Waals surface area contributed by atoms with Crippen LogP contribution in [0.25, 0.3) is 0 Å². The molecule has 1 aromatic rings. The van der Waals surface area contributed by atoms with Gasteiger partial charge in [0.2, 0.25) is 0 Å². The first-order chi connectivity index (χ1) is 14.2. The van der Waals surface area contributed by atoms with Crippen molar-refractivity contribution in [2.24, 2.45) is 0 Å². The van der Waals surface area contributed by atoms with Gasteiger partial charge in [0, 0.05) is 31.6 Å². The lowest BCUT2D eigenvalue weighted by Gasteiger charge is -2.24. The Hall–Kier alpha value is -1.43. The van der Waals surface area contributed by atoms with Gasteiger partial charge < -0.3 is 19.4 Å².